The standard InChI is InChI=1S/C17H21N3O3S3/c1-11-4-12(2)6-15(5-11)26(22,23)20-10-24-9-16(20)17(21)18-7-14-8-25-13(3)19-14/h4-6,8,16H,7,9-10H2,1-3H3,(H,18,21). The maximum atomic E-state index is 13.1. The smallest absolute Gasteiger partial charge is 0.244 e. The normalized spacial score (nSPS) is 18.2. The summed E-state index contributed by atoms with van der Waals surface area (Å²) in [5.74, 6) is 0.448. The molecule has 0 spiro atoms. The molecule has 1 amide bonds. The van der Waals surface area contributed by atoms with Gasteiger partial charge in [0.2, 0.25) is 15.9 Å². The van der Waals surface area contributed by atoms with Crippen LogP contribution in [0.25, 0.3) is 0 Å². The van der Waals surface area contributed by atoms with E-state index in [0.29, 0.717) is 12.3 Å². The van der Waals surface area contributed by atoms with Crippen molar-refractivity contribution in [2.24, 2.45) is 0 Å². The Morgan fingerprint density at radius 2 is 1.96 bits per heavy atom. The molecule has 26 heavy (non-hydrogen) atoms. The average Bonchev–Trinajstić information content (AvgIpc) is 3.21. The Balaban J connectivity index is 1.77. The third-order valence-corrected chi connectivity index (χ3v) is 7.89. The fourth-order valence-corrected chi connectivity index (χ4v) is 6.82. The SMILES string of the molecule is Cc1cc(C)cc(S(=O)(=O)N2CSCC2C(=O)NCc2csc(C)n2)c1. The highest BCUT2D eigenvalue weighted by atomic mass is 32.2. The first-order chi connectivity index (χ1) is 12.3. The van der Waals surface area contributed by atoms with Crippen LogP contribution in [0.3, 0.4) is 0 Å². The van der Waals surface area contributed by atoms with Crippen molar-refractivity contribution in [2.45, 2.75) is 38.3 Å². The molecule has 3 rings (SSSR count). The predicted octanol–water partition coefficient (Wildman–Crippen LogP) is 2.45. The molecule has 1 saturated heterocycles. The number of amides is 1. The number of carbonyl (C=O) groups excluding carboxylic acids is 1. The van der Waals surface area contributed by atoms with Crippen LogP contribution in [0.15, 0.2) is 28.5 Å². The lowest BCUT2D eigenvalue weighted by Gasteiger charge is -2.23. The summed E-state index contributed by atoms with van der Waals surface area (Å²) in [5.41, 5.74) is 2.56. The zero-order chi connectivity index (χ0) is 18.9. The molecule has 1 aliphatic rings. The third-order valence-electron chi connectivity index (χ3n) is 4.06. The number of aromatic nitrogens is 1. The summed E-state index contributed by atoms with van der Waals surface area (Å²) in [4.78, 5) is 17.1. The van der Waals surface area contributed by atoms with Crippen molar-refractivity contribution >= 4 is 39.0 Å². The van der Waals surface area contributed by atoms with Crippen LogP contribution >= 0.6 is 23.1 Å². The van der Waals surface area contributed by atoms with E-state index in [9.17, 15) is 13.2 Å². The molecule has 6 nitrogen and oxygen atoms in total. The van der Waals surface area contributed by atoms with E-state index in [1.165, 1.54) is 27.4 Å². The minimum atomic E-state index is -3.72. The van der Waals surface area contributed by atoms with E-state index in [2.05, 4.69) is 10.3 Å². The fourth-order valence-electron chi connectivity index (χ4n) is 2.87. The minimum absolute atomic E-state index is 0.241. The number of rotatable bonds is 5. The van der Waals surface area contributed by atoms with Crippen molar-refractivity contribution < 1.29 is 13.2 Å². The molecule has 140 valence electrons. The van der Waals surface area contributed by atoms with Crippen LogP contribution in [0.2, 0.25) is 0 Å². The number of nitrogens with zero attached hydrogens (tertiary/aromatic N) is 2. The highest BCUT2D eigenvalue weighted by Crippen LogP contribution is 2.29. The van der Waals surface area contributed by atoms with Crippen molar-refractivity contribution in [3.8, 4) is 0 Å². The van der Waals surface area contributed by atoms with Crippen molar-refractivity contribution in [1.29, 1.82) is 0 Å². The molecule has 1 N–H and O–H groups in total. The molecule has 0 saturated carbocycles. The summed E-state index contributed by atoms with van der Waals surface area (Å²) in [7, 11) is -3.72. The van der Waals surface area contributed by atoms with E-state index in [-0.39, 0.29) is 16.7 Å². The Morgan fingerprint density at radius 1 is 1.27 bits per heavy atom. The molecule has 1 unspecified atom stereocenters. The van der Waals surface area contributed by atoms with Gasteiger partial charge in [0.05, 0.1) is 28.0 Å². The van der Waals surface area contributed by atoms with Crippen LogP contribution in [0, 0.1) is 20.8 Å². The lowest BCUT2D eigenvalue weighted by molar-refractivity contribution is -0.124. The molecule has 0 radical (unpaired) electrons. The number of sulfonamides is 1. The van der Waals surface area contributed by atoms with Crippen LogP contribution < -0.4 is 5.32 Å². The highest BCUT2D eigenvalue weighted by Gasteiger charge is 2.40. The summed E-state index contributed by atoms with van der Waals surface area (Å²) in [6, 6.07) is 4.53. The molecular weight excluding hydrogens is 390 g/mol. The lowest BCUT2D eigenvalue weighted by atomic mass is 10.2. The monoisotopic (exact) mass is 411 g/mol. The van der Waals surface area contributed by atoms with E-state index in [0.717, 1.165) is 21.8 Å². The van der Waals surface area contributed by atoms with Gasteiger partial charge in [0.1, 0.15) is 6.04 Å². The first kappa shape index (κ1) is 19.3. The second kappa shape index (κ2) is 7.67. The largest absolute Gasteiger partial charge is 0.349 e. The molecule has 1 aromatic heterocycles. The Labute approximate surface area is 162 Å². The number of carbonyl (C=O) groups is 1. The van der Waals surface area contributed by atoms with Crippen LogP contribution in [0.5, 0.6) is 0 Å². The molecule has 9 heteroatoms. The first-order valence-electron chi connectivity index (χ1n) is 8.14. The molecular formula is C17H21N3O3S3. The number of aryl methyl sites for hydroxylation is 3. The Morgan fingerprint density at radius 3 is 2.58 bits per heavy atom. The van der Waals surface area contributed by atoms with Gasteiger partial charge >= 0.3 is 0 Å². The third kappa shape index (κ3) is 4.11. The van der Waals surface area contributed by atoms with Crippen LogP contribution in [-0.4, -0.2) is 41.3 Å². The Kier molecular flexibility index (Phi) is 5.71. The molecule has 1 aromatic carbocycles. The molecule has 1 atom stereocenters. The van der Waals surface area contributed by atoms with Gasteiger partial charge in [-0.3, -0.25) is 4.79 Å². The first-order valence-corrected chi connectivity index (χ1v) is 11.6. The van der Waals surface area contributed by atoms with Crippen molar-refractivity contribution in [3.05, 3.63) is 45.4 Å². The average molecular weight is 412 g/mol. The van der Waals surface area contributed by atoms with Gasteiger partial charge in [0, 0.05) is 11.1 Å². The van der Waals surface area contributed by atoms with Gasteiger partial charge in [0.25, 0.3) is 0 Å². The summed E-state index contributed by atoms with van der Waals surface area (Å²) in [6.07, 6.45) is 0. The number of hydrogen-bond donors (Lipinski definition) is 1. The second-order valence-corrected chi connectivity index (χ2v) is 10.3. The number of nitrogens with one attached hydrogen (secondary N) is 1. The Bertz CT molecular complexity index is 904. The van der Waals surface area contributed by atoms with E-state index in [4.69, 9.17) is 0 Å². The number of benzene rings is 1. The maximum absolute atomic E-state index is 13.1. The van der Waals surface area contributed by atoms with Gasteiger partial charge < -0.3 is 5.32 Å². The number of thiazole rings is 1. The van der Waals surface area contributed by atoms with Gasteiger partial charge in [-0.2, -0.15) is 4.31 Å². The summed E-state index contributed by atoms with van der Waals surface area (Å²) in [5, 5.41) is 5.64. The fraction of sp³-hybridized carbons (Fsp3) is 0.412. The summed E-state index contributed by atoms with van der Waals surface area (Å²) in [6.45, 7) is 5.94. The second-order valence-electron chi connectivity index (χ2n) is 6.31. The van der Waals surface area contributed by atoms with Gasteiger partial charge in [-0.1, -0.05) is 6.07 Å². The van der Waals surface area contributed by atoms with E-state index in [1.807, 2.05) is 32.2 Å². The van der Waals surface area contributed by atoms with Crippen LogP contribution in [0.1, 0.15) is 21.8 Å². The van der Waals surface area contributed by atoms with E-state index in [1.54, 1.807) is 12.1 Å². The van der Waals surface area contributed by atoms with Crippen molar-refractivity contribution in [2.75, 3.05) is 11.6 Å². The van der Waals surface area contributed by atoms with E-state index >= 15 is 0 Å². The van der Waals surface area contributed by atoms with Crippen molar-refractivity contribution in [1.82, 2.24) is 14.6 Å². The maximum Gasteiger partial charge on any atom is 0.244 e. The zero-order valence-electron chi connectivity index (χ0n) is 14.9. The van der Waals surface area contributed by atoms with Crippen LogP contribution in [0.4, 0.5) is 0 Å². The molecule has 0 bridgehead atoms. The molecule has 2 heterocycles. The zero-order valence-corrected chi connectivity index (χ0v) is 17.3. The molecule has 1 fully saturated rings. The molecule has 1 aliphatic heterocycles. The highest BCUT2D eigenvalue weighted by molar-refractivity contribution is 8.00. The van der Waals surface area contributed by atoms with Gasteiger partial charge in [-0.25, -0.2) is 13.4 Å². The quantitative estimate of drug-likeness (QED) is 0.818. The van der Waals surface area contributed by atoms with Gasteiger partial charge in [-0.15, -0.1) is 23.1 Å². The number of hydrogen-bond acceptors (Lipinski definition) is 6. The number of thioether (sulfide) groups is 1. The van der Waals surface area contributed by atoms with Gasteiger partial charge in [-0.05, 0) is 44.0 Å². The van der Waals surface area contributed by atoms with E-state index < -0.39 is 16.1 Å². The van der Waals surface area contributed by atoms with Gasteiger partial charge in [0.15, 0.2) is 0 Å². The minimum Gasteiger partial charge on any atom is -0.349 e. The summed E-state index contributed by atoms with van der Waals surface area (Å²) >= 11 is 2.97. The Hall–Kier alpha value is -1.42. The summed E-state index contributed by atoms with van der Waals surface area (Å²) < 4.78 is 27.4. The van der Waals surface area contributed by atoms with Crippen LogP contribution in [-0.2, 0) is 21.4 Å². The lowest BCUT2D eigenvalue weighted by Crippen LogP contribution is -2.47. The predicted molar refractivity (Wildman–Crippen MR) is 105 cm³/mol. The molecule has 0 aliphatic carbocycles. The van der Waals surface area contributed by atoms with Crippen molar-refractivity contribution in [3.63, 3.8) is 0 Å². The molecule has 2 aromatic rings. The topological polar surface area (TPSA) is 79.4 Å².